The Morgan fingerprint density at radius 3 is 2.25 bits per heavy atom. The molecule has 20 heavy (non-hydrogen) atoms. The van der Waals surface area contributed by atoms with Crippen LogP contribution in [0.1, 0.15) is 27.7 Å². The lowest BCUT2D eigenvalue weighted by molar-refractivity contribution is -0.114. The number of benzene rings is 1. The lowest BCUT2D eigenvalue weighted by Gasteiger charge is -2.43. The summed E-state index contributed by atoms with van der Waals surface area (Å²) in [7, 11) is 0. The SMILES string of the molecule is CC(=O)Nc1ccccc1N1CCN(C(C)(C)C)CC1. The van der Waals surface area contributed by atoms with E-state index < -0.39 is 0 Å². The van der Waals surface area contributed by atoms with Gasteiger partial charge in [-0.15, -0.1) is 0 Å². The number of carbonyl (C=O) groups is 1. The highest BCUT2D eigenvalue weighted by atomic mass is 16.1. The molecule has 0 saturated carbocycles. The van der Waals surface area contributed by atoms with Gasteiger partial charge in [0.2, 0.25) is 5.91 Å². The Labute approximate surface area is 121 Å². The molecule has 1 aliphatic rings. The molecule has 0 bridgehead atoms. The van der Waals surface area contributed by atoms with Gasteiger partial charge in [-0.25, -0.2) is 0 Å². The molecule has 2 rings (SSSR count). The molecule has 0 aromatic heterocycles. The van der Waals surface area contributed by atoms with Gasteiger partial charge in [-0.05, 0) is 32.9 Å². The van der Waals surface area contributed by atoms with Crippen molar-refractivity contribution in [2.24, 2.45) is 0 Å². The Hall–Kier alpha value is -1.55. The molecule has 1 aromatic rings. The van der Waals surface area contributed by atoms with E-state index in [1.807, 2.05) is 18.2 Å². The number of nitrogens with one attached hydrogen (secondary N) is 1. The summed E-state index contributed by atoms with van der Waals surface area (Å²) in [5, 5.41) is 2.92. The fourth-order valence-corrected chi connectivity index (χ4v) is 2.66. The highest BCUT2D eigenvalue weighted by Crippen LogP contribution is 2.27. The number of nitrogens with zero attached hydrogens (tertiary/aromatic N) is 2. The van der Waals surface area contributed by atoms with Gasteiger partial charge in [0.1, 0.15) is 0 Å². The molecule has 110 valence electrons. The van der Waals surface area contributed by atoms with Crippen LogP contribution in [-0.2, 0) is 4.79 Å². The standard InChI is InChI=1S/C16H25N3O/c1-13(20)17-14-7-5-6-8-15(14)18-9-11-19(12-10-18)16(2,3)4/h5-8H,9-12H2,1-4H3,(H,17,20). The summed E-state index contributed by atoms with van der Waals surface area (Å²) in [6.07, 6.45) is 0. The molecular weight excluding hydrogens is 250 g/mol. The average molecular weight is 275 g/mol. The Bertz CT molecular complexity index is 471. The zero-order chi connectivity index (χ0) is 14.8. The molecule has 1 fully saturated rings. The monoisotopic (exact) mass is 275 g/mol. The van der Waals surface area contributed by atoms with E-state index >= 15 is 0 Å². The van der Waals surface area contributed by atoms with Gasteiger partial charge in [-0.2, -0.15) is 0 Å². The molecule has 1 N–H and O–H groups in total. The Balaban J connectivity index is 2.09. The van der Waals surface area contributed by atoms with E-state index in [1.165, 1.54) is 0 Å². The molecule has 0 aliphatic carbocycles. The summed E-state index contributed by atoms with van der Waals surface area (Å²) >= 11 is 0. The second kappa shape index (κ2) is 5.83. The van der Waals surface area contributed by atoms with Crippen LogP contribution in [0, 0.1) is 0 Å². The Kier molecular flexibility index (Phi) is 4.33. The predicted octanol–water partition coefficient (Wildman–Crippen LogP) is 2.57. The minimum Gasteiger partial charge on any atom is -0.367 e. The largest absolute Gasteiger partial charge is 0.367 e. The Morgan fingerprint density at radius 1 is 1.10 bits per heavy atom. The zero-order valence-corrected chi connectivity index (χ0v) is 12.9. The van der Waals surface area contributed by atoms with Crippen molar-refractivity contribution in [3.8, 4) is 0 Å². The molecule has 1 amide bonds. The van der Waals surface area contributed by atoms with Crippen LogP contribution in [0.3, 0.4) is 0 Å². The first-order chi connectivity index (χ1) is 9.38. The minimum absolute atomic E-state index is 0.0224. The van der Waals surface area contributed by atoms with Crippen LogP contribution in [0.25, 0.3) is 0 Å². The molecule has 1 aromatic carbocycles. The molecule has 0 spiro atoms. The lowest BCUT2D eigenvalue weighted by atomic mass is 10.0. The van der Waals surface area contributed by atoms with Crippen molar-refractivity contribution in [2.75, 3.05) is 36.4 Å². The summed E-state index contributed by atoms with van der Waals surface area (Å²) < 4.78 is 0. The third-order valence-electron chi connectivity index (χ3n) is 3.78. The number of hydrogen-bond acceptors (Lipinski definition) is 3. The van der Waals surface area contributed by atoms with E-state index in [1.54, 1.807) is 6.92 Å². The maximum absolute atomic E-state index is 11.3. The predicted molar refractivity (Wildman–Crippen MR) is 84.3 cm³/mol. The summed E-state index contributed by atoms with van der Waals surface area (Å²) in [5.74, 6) is -0.0224. The number of hydrogen-bond donors (Lipinski definition) is 1. The molecule has 4 heteroatoms. The maximum Gasteiger partial charge on any atom is 0.221 e. The zero-order valence-electron chi connectivity index (χ0n) is 12.9. The fourth-order valence-electron chi connectivity index (χ4n) is 2.66. The van der Waals surface area contributed by atoms with Crippen molar-refractivity contribution >= 4 is 17.3 Å². The van der Waals surface area contributed by atoms with Gasteiger partial charge in [0.15, 0.2) is 0 Å². The topological polar surface area (TPSA) is 35.6 Å². The quantitative estimate of drug-likeness (QED) is 0.901. The van der Waals surface area contributed by atoms with Gasteiger partial charge in [0.25, 0.3) is 0 Å². The number of carbonyl (C=O) groups excluding carboxylic acids is 1. The van der Waals surface area contributed by atoms with Gasteiger partial charge >= 0.3 is 0 Å². The summed E-state index contributed by atoms with van der Waals surface area (Å²) in [5.41, 5.74) is 2.25. The fraction of sp³-hybridized carbons (Fsp3) is 0.562. The van der Waals surface area contributed by atoms with Crippen LogP contribution < -0.4 is 10.2 Å². The normalized spacial score (nSPS) is 17.1. The molecule has 1 heterocycles. The van der Waals surface area contributed by atoms with Gasteiger partial charge in [-0.3, -0.25) is 9.69 Å². The van der Waals surface area contributed by atoms with E-state index in [0.717, 1.165) is 37.6 Å². The minimum atomic E-state index is -0.0224. The number of para-hydroxylation sites is 2. The van der Waals surface area contributed by atoms with E-state index in [4.69, 9.17) is 0 Å². The molecular formula is C16H25N3O. The first-order valence-electron chi connectivity index (χ1n) is 7.24. The van der Waals surface area contributed by atoms with Crippen molar-refractivity contribution in [3.05, 3.63) is 24.3 Å². The van der Waals surface area contributed by atoms with Gasteiger partial charge < -0.3 is 10.2 Å². The van der Waals surface area contributed by atoms with Gasteiger partial charge in [0.05, 0.1) is 11.4 Å². The van der Waals surface area contributed by atoms with Crippen LogP contribution in [-0.4, -0.2) is 42.5 Å². The van der Waals surface area contributed by atoms with Crippen molar-refractivity contribution < 1.29 is 4.79 Å². The number of piperazine rings is 1. The molecule has 1 saturated heterocycles. The van der Waals surface area contributed by atoms with E-state index in [2.05, 4.69) is 42.0 Å². The molecule has 0 unspecified atom stereocenters. The van der Waals surface area contributed by atoms with Crippen molar-refractivity contribution in [1.82, 2.24) is 4.90 Å². The van der Waals surface area contributed by atoms with Crippen LogP contribution in [0.5, 0.6) is 0 Å². The Morgan fingerprint density at radius 2 is 1.70 bits per heavy atom. The number of anilines is 2. The molecule has 0 atom stereocenters. The van der Waals surface area contributed by atoms with E-state index in [0.29, 0.717) is 0 Å². The smallest absolute Gasteiger partial charge is 0.221 e. The first kappa shape index (κ1) is 14.9. The van der Waals surface area contributed by atoms with Crippen molar-refractivity contribution in [1.29, 1.82) is 0 Å². The molecule has 1 aliphatic heterocycles. The van der Waals surface area contributed by atoms with E-state index in [9.17, 15) is 4.79 Å². The summed E-state index contributed by atoms with van der Waals surface area (Å²) in [4.78, 5) is 16.2. The molecule has 0 radical (unpaired) electrons. The highest BCUT2D eigenvalue weighted by Gasteiger charge is 2.26. The second-order valence-electron chi connectivity index (χ2n) is 6.34. The first-order valence-corrected chi connectivity index (χ1v) is 7.24. The number of amides is 1. The summed E-state index contributed by atoms with van der Waals surface area (Å²) in [6.45, 7) is 12.4. The maximum atomic E-state index is 11.3. The average Bonchev–Trinajstić information content (AvgIpc) is 2.38. The highest BCUT2D eigenvalue weighted by molar-refractivity contribution is 5.92. The second-order valence-corrected chi connectivity index (χ2v) is 6.34. The van der Waals surface area contributed by atoms with Crippen molar-refractivity contribution in [2.45, 2.75) is 33.2 Å². The molecule has 4 nitrogen and oxygen atoms in total. The van der Waals surface area contributed by atoms with Crippen LogP contribution in [0.15, 0.2) is 24.3 Å². The van der Waals surface area contributed by atoms with E-state index in [-0.39, 0.29) is 11.4 Å². The van der Waals surface area contributed by atoms with Crippen LogP contribution in [0.4, 0.5) is 11.4 Å². The van der Waals surface area contributed by atoms with Crippen molar-refractivity contribution in [3.63, 3.8) is 0 Å². The third-order valence-corrected chi connectivity index (χ3v) is 3.78. The number of rotatable bonds is 2. The van der Waals surface area contributed by atoms with Crippen LogP contribution >= 0.6 is 0 Å². The summed E-state index contributed by atoms with van der Waals surface area (Å²) in [6, 6.07) is 8.03. The van der Waals surface area contributed by atoms with Crippen LogP contribution in [0.2, 0.25) is 0 Å². The third kappa shape index (κ3) is 3.51. The van der Waals surface area contributed by atoms with Gasteiger partial charge in [0, 0.05) is 38.6 Å². The lowest BCUT2D eigenvalue weighted by Crippen LogP contribution is -2.53. The van der Waals surface area contributed by atoms with Gasteiger partial charge in [-0.1, -0.05) is 12.1 Å².